The quantitative estimate of drug-likeness (QED) is 0.926. The number of aliphatic imine (C=N–C) groups is 1. The van der Waals surface area contributed by atoms with Gasteiger partial charge in [0.05, 0.1) is 6.54 Å². The van der Waals surface area contributed by atoms with Gasteiger partial charge in [0.1, 0.15) is 0 Å². The lowest BCUT2D eigenvalue weighted by atomic mass is 10.1. The van der Waals surface area contributed by atoms with Gasteiger partial charge in [-0.25, -0.2) is 0 Å². The summed E-state index contributed by atoms with van der Waals surface area (Å²) in [5.74, 6) is 1.03. The van der Waals surface area contributed by atoms with Crippen molar-refractivity contribution in [3.8, 4) is 0 Å². The van der Waals surface area contributed by atoms with Crippen molar-refractivity contribution in [1.29, 1.82) is 0 Å². The molecule has 0 saturated carbocycles. The first-order valence-electron chi connectivity index (χ1n) is 8.61. The van der Waals surface area contributed by atoms with E-state index >= 15 is 0 Å². The van der Waals surface area contributed by atoms with Crippen molar-refractivity contribution in [3.05, 3.63) is 35.4 Å². The molecule has 1 N–H and O–H groups in total. The summed E-state index contributed by atoms with van der Waals surface area (Å²) in [7, 11) is 2.09. The summed E-state index contributed by atoms with van der Waals surface area (Å²) < 4.78 is 0. The number of hydrogen-bond acceptors (Lipinski definition) is 4. The van der Waals surface area contributed by atoms with Crippen LogP contribution in [0, 0.1) is 0 Å². The van der Waals surface area contributed by atoms with Crippen LogP contribution < -0.4 is 5.32 Å². The second-order valence-corrected chi connectivity index (χ2v) is 6.49. The maximum absolute atomic E-state index is 4.48. The molecule has 1 fully saturated rings. The van der Waals surface area contributed by atoms with Crippen molar-refractivity contribution in [2.24, 2.45) is 4.99 Å². The molecule has 0 aliphatic carbocycles. The van der Waals surface area contributed by atoms with Crippen molar-refractivity contribution >= 4 is 5.96 Å². The zero-order valence-corrected chi connectivity index (χ0v) is 13.7. The molecular formula is C18H28N4. The standard InChI is InChI=1S/C18H28N4/c1-21-12-9-19-18(21)20-14-16-7-6-8-17(13-16)15-22-10-4-2-3-5-11-22/h6-8,13H,2-5,9-12,14-15H2,1H3,(H,19,20). The molecule has 0 spiro atoms. The van der Waals surface area contributed by atoms with Gasteiger partial charge >= 0.3 is 0 Å². The molecule has 0 amide bonds. The zero-order chi connectivity index (χ0) is 15.2. The average Bonchev–Trinajstić information content (AvgIpc) is 2.77. The van der Waals surface area contributed by atoms with Gasteiger partial charge in [0.15, 0.2) is 5.96 Å². The van der Waals surface area contributed by atoms with Gasteiger partial charge in [-0.1, -0.05) is 37.1 Å². The van der Waals surface area contributed by atoms with Crippen molar-refractivity contribution < 1.29 is 0 Å². The Hall–Kier alpha value is -1.55. The van der Waals surface area contributed by atoms with Crippen LogP contribution >= 0.6 is 0 Å². The number of benzene rings is 1. The molecule has 0 radical (unpaired) electrons. The normalized spacial score (nSPS) is 19.9. The topological polar surface area (TPSA) is 30.9 Å². The smallest absolute Gasteiger partial charge is 0.194 e. The summed E-state index contributed by atoms with van der Waals surface area (Å²) >= 11 is 0. The molecule has 0 aromatic heterocycles. The molecule has 1 aromatic rings. The molecule has 1 aromatic carbocycles. The lowest BCUT2D eigenvalue weighted by Crippen LogP contribution is -2.35. The van der Waals surface area contributed by atoms with E-state index in [-0.39, 0.29) is 0 Å². The van der Waals surface area contributed by atoms with Crippen LogP contribution in [0.4, 0.5) is 0 Å². The van der Waals surface area contributed by atoms with E-state index in [1.165, 1.54) is 49.9 Å². The van der Waals surface area contributed by atoms with Crippen LogP contribution in [-0.2, 0) is 13.1 Å². The number of nitrogens with one attached hydrogen (secondary N) is 1. The molecule has 3 rings (SSSR count). The number of hydrogen-bond donors (Lipinski definition) is 1. The molecule has 4 nitrogen and oxygen atoms in total. The first-order chi connectivity index (χ1) is 10.8. The highest BCUT2D eigenvalue weighted by Gasteiger charge is 2.12. The predicted molar refractivity (Wildman–Crippen MR) is 92.0 cm³/mol. The summed E-state index contributed by atoms with van der Waals surface area (Å²) in [5, 5.41) is 3.45. The number of likely N-dealkylation sites (N-methyl/N-ethyl adjacent to an activating group) is 1. The molecule has 4 heteroatoms. The van der Waals surface area contributed by atoms with Crippen LogP contribution in [-0.4, -0.2) is 49.0 Å². The van der Waals surface area contributed by atoms with Gasteiger partial charge in [0, 0.05) is 26.7 Å². The van der Waals surface area contributed by atoms with Crippen molar-refractivity contribution in [2.75, 3.05) is 33.2 Å². The number of guanidine groups is 1. The first-order valence-corrected chi connectivity index (χ1v) is 8.61. The van der Waals surface area contributed by atoms with Crippen LogP contribution in [0.25, 0.3) is 0 Å². The first kappa shape index (κ1) is 15.3. The van der Waals surface area contributed by atoms with Crippen molar-refractivity contribution in [1.82, 2.24) is 15.1 Å². The van der Waals surface area contributed by atoms with Gasteiger partial charge in [-0.3, -0.25) is 9.89 Å². The molecular weight excluding hydrogens is 272 g/mol. The molecule has 1 saturated heterocycles. The highest BCUT2D eigenvalue weighted by molar-refractivity contribution is 5.81. The summed E-state index contributed by atoms with van der Waals surface area (Å²) in [5.41, 5.74) is 2.78. The van der Waals surface area contributed by atoms with E-state index in [0.717, 1.165) is 32.1 Å². The number of rotatable bonds is 4. The van der Waals surface area contributed by atoms with Crippen LogP contribution in [0.1, 0.15) is 36.8 Å². The summed E-state index contributed by atoms with van der Waals surface area (Å²) in [6.45, 7) is 6.39. The molecule has 0 unspecified atom stereocenters. The maximum atomic E-state index is 4.48. The summed E-state index contributed by atoms with van der Waals surface area (Å²) in [4.78, 5) is 9.27. The minimum absolute atomic E-state index is 0.858. The Morgan fingerprint density at radius 3 is 2.55 bits per heavy atom. The molecule has 0 atom stereocenters. The number of likely N-dealkylation sites (tertiary alicyclic amines) is 1. The molecule has 2 aliphatic rings. The van der Waals surface area contributed by atoms with Crippen LogP contribution in [0.5, 0.6) is 0 Å². The van der Waals surface area contributed by atoms with Crippen molar-refractivity contribution in [2.45, 2.75) is 38.8 Å². The summed E-state index contributed by atoms with van der Waals surface area (Å²) in [6, 6.07) is 8.99. The Morgan fingerprint density at radius 1 is 1.05 bits per heavy atom. The lowest BCUT2D eigenvalue weighted by Gasteiger charge is -2.20. The molecule has 22 heavy (non-hydrogen) atoms. The van der Waals surface area contributed by atoms with Gasteiger partial charge in [0.2, 0.25) is 0 Å². The average molecular weight is 300 g/mol. The second kappa shape index (κ2) is 7.63. The largest absolute Gasteiger partial charge is 0.352 e. The third kappa shape index (κ3) is 4.23. The lowest BCUT2D eigenvalue weighted by molar-refractivity contribution is 0.277. The SMILES string of the molecule is CN1CCN=C1NCc1cccc(CN2CCCCCC2)c1. The minimum Gasteiger partial charge on any atom is -0.352 e. The second-order valence-electron chi connectivity index (χ2n) is 6.49. The fourth-order valence-electron chi connectivity index (χ4n) is 3.29. The Bertz CT molecular complexity index is 504. The van der Waals surface area contributed by atoms with E-state index in [1.54, 1.807) is 0 Å². The van der Waals surface area contributed by atoms with E-state index < -0.39 is 0 Å². The van der Waals surface area contributed by atoms with Gasteiger partial charge in [-0.15, -0.1) is 0 Å². The third-order valence-electron chi connectivity index (χ3n) is 4.61. The van der Waals surface area contributed by atoms with E-state index in [4.69, 9.17) is 0 Å². The molecule has 0 bridgehead atoms. The van der Waals surface area contributed by atoms with Gasteiger partial charge < -0.3 is 10.2 Å². The van der Waals surface area contributed by atoms with Crippen LogP contribution in [0.15, 0.2) is 29.3 Å². The van der Waals surface area contributed by atoms with E-state index in [2.05, 4.69) is 51.4 Å². The zero-order valence-electron chi connectivity index (χ0n) is 13.7. The maximum Gasteiger partial charge on any atom is 0.194 e. The Kier molecular flexibility index (Phi) is 5.33. The van der Waals surface area contributed by atoms with Gasteiger partial charge in [-0.05, 0) is 37.1 Å². The van der Waals surface area contributed by atoms with Gasteiger partial charge in [0.25, 0.3) is 0 Å². The van der Waals surface area contributed by atoms with E-state index in [9.17, 15) is 0 Å². The Balaban J connectivity index is 1.55. The highest BCUT2D eigenvalue weighted by Crippen LogP contribution is 2.14. The third-order valence-corrected chi connectivity index (χ3v) is 4.61. The van der Waals surface area contributed by atoms with Crippen LogP contribution in [0.2, 0.25) is 0 Å². The van der Waals surface area contributed by atoms with Gasteiger partial charge in [-0.2, -0.15) is 0 Å². The minimum atomic E-state index is 0.858. The van der Waals surface area contributed by atoms with E-state index in [0.29, 0.717) is 0 Å². The monoisotopic (exact) mass is 300 g/mol. The molecule has 2 aliphatic heterocycles. The Labute approximate surface area is 134 Å². The fourth-order valence-corrected chi connectivity index (χ4v) is 3.29. The number of nitrogens with zero attached hydrogens (tertiary/aromatic N) is 3. The highest BCUT2D eigenvalue weighted by atomic mass is 15.3. The fraction of sp³-hybridized carbons (Fsp3) is 0.611. The summed E-state index contributed by atoms with van der Waals surface area (Å²) in [6.07, 6.45) is 5.51. The van der Waals surface area contributed by atoms with E-state index in [1.807, 2.05) is 0 Å². The van der Waals surface area contributed by atoms with Crippen LogP contribution in [0.3, 0.4) is 0 Å². The van der Waals surface area contributed by atoms with Crippen molar-refractivity contribution in [3.63, 3.8) is 0 Å². The Morgan fingerprint density at radius 2 is 1.82 bits per heavy atom. The molecule has 120 valence electrons. The molecule has 2 heterocycles. The predicted octanol–water partition coefficient (Wildman–Crippen LogP) is 2.45.